The molecule has 20 nitrogen and oxygen atoms in total. The second-order valence-electron chi connectivity index (χ2n) is 21.8. The van der Waals surface area contributed by atoms with Gasteiger partial charge in [0.25, 0.3) is 0 Å². The van der Waals surface area contributed by atoms with Gasteiger partial charge in [0.2, 0.25) is 0 Å². The van der Waals surface area contributed by atoms with Crippen LogP contribution in [-0.2, 0) is 33.2 Å². The number of ether oxygens (including phenoxy) is 7. The summed E-state index contributed by atoms with van der Waals surface area (Å²) in [7, 11) is 0. The van der Waals surface area contributed by atoms with Crippen LogP contribution in [0.1, 0.15) is 91.9 Å². The molecule has 13 N–H and O–H groups in total. The fourth-order valence-electron chi connectivity index (χ4n) is 14.3. The van der Waals surface area contributed by atoms with Gasteiger partial charge in [0.05, 0.1) is 43.7 Å². The van der Waals surface area contributed by atoms with E-state index in [1.165, 1.54) is 0 Å². The Labute approximate surface area is 385 Å². The van der Waals surface area contributed by atoms with Crippen LogP contribution in [0.25, 0.3) is 0 Å². The van der Waals surface area contributed by atoms with E-state index in [0.29, 0.717) is 19.3 Å². The van der Waals surface area contributed by atoms with Crippen molar-refractivity contribution in [2.45, 2.75) is 220 Å². The van der Waals surface area contributed by atoms with Gasteiger partial charge in [0.1, 0.15) is 85.5 Å². The number of aliphatic hydroxyl groups excluding tert-OH is 13. The monoisotopic (exact) mass is 948 g/mol. The van der Waals surface area contributed by atoms with Crippen molar-refractivity contribution < 1.29 is 99.5 Å². The third kappa shape index (κ3) is 8.46. The Morgan fingerprint density at radius 3 is 1.79 bits per heavy atom. The lowest BCUT2D eigenvalue weighted by molar-refractivity contribution is -0.378. The maximum absolute atomic E-state index is 11.4. The van der Waals surface area contributed by atoms with E-state index in [-0.39, 0.29) is 29.1 Å². The maximum Gasteiger partial charge on any atom is 0.188 e. The predicted octanol–water partition coefficient (Wildman–Crippen LogP) is -2.56. The minimum atomic E-state index is -1.81. The summed E-state index contributed by atoms with van der Waals surface area (Å²) in [5.41, 5.74) is -0.991. The fourth-order valence-corrected chi connectivity index (χ4v) is 14.3. The van der Waals surface area contributed by atoms with Gasteiger partial charge in [-0.25, -0.2) is 0 Å². The Hall–Kier alpha value is -1.06. The Balaban J connectivity index is 1.00. The van der Waals surface area contributed by atoms with Crippen LogP contribution in [0, 0.1) is 34.0 Å². The Bertz CT molecular complexity index is 1690. The van der Waals surface area contributed by atoms with E-state index in [1.807, 2.05) is 6.92 Å². The van der Waals surface area contributed by atoms with E-state index in [4.69, 9.17) is 33.2 Å². The first kappa shape index (κ1) is 51.3. The van der Waals surface area contributed by atoms with Crippen molar-refractivity contribution in [3.63, 3.8) is 0 Å². The highest BCUT2D eigenvalue weighted by Gasteiger charge is 2.69. The van der Waals surface area contributed by atoms with E-state index in [2.05, 4.69) is 20.4 Å². The van der Waals surface area contributed by atoms with Crippen molar-refractivity contribution in [3.8, 4) is 0 Å². The third-order valence-electron chi connectivity index (χ3n) is 18.2. The highest BCUT2D eigenvalue weighted by Crippen LogP contribution is 2.74. The molecule has 8 rings (SSSR count). The molecule has 0 radical (unpaired) electrons. The lowest BCUT2D eigenvalue weighted by Crippen LogP contribution is -2.66. The molecule has 3 saturated heterocycles. The largest absolute Gasteiger partial charge is 0.394 e. The molecule has 5 aliphatic carbocycles. The van der Waals surface area contributed by atoms with Gasteiger partial charge in [-0.15, -0.1) is 0 Å². The lowest BCUT2D eigenvalue weighted by Gasteiger charge is -2.66. The SMILES string of the molecule is C=C1C[C@@]23CC[C@@H]4[C@](C)([C@@H](C)O[C@@H]5O[C@H](CO)[C@@H](O)[C@H](O)[C@H]5OC5C[C@@H](C)[C@H](O)[C@@H](O)[C@H]5O)CCC[C@@]4(C)C2CC[C@]1(O[C@@H]1O[C@H](CO)[C@@H](O)[C@H](O)[C@H]1O[C@@H]1O[C@H](CO)[C@@H](O)[C@H](O)[C@H]1O)C3. The van der Waals surface area contributed by atoms with Crippen LogP contribution in [0.5, 0.6) is 0 Å². The molecule has 3 aliphatic heterocycles. The van der Waals surface area contributed by atoms with Gasteiger partial charge >= 0.3 is 0 Å². The molecule has 27 atom stereocenters. The lowest BCUT2D eigenvalue weighted by atomic mass is 9.40. The van der Waals surface area contributed by atoms with Crippen molar-refractivity contribution >= 4 is 0 Å². The van der Waals surface area contributed by atoms with E-state index in [1.54, 1.807) is 6.92 Å². The second kappa shape index (κ2) is 19.2. The van der Waals surface area contributed by atoms with Gasteiger partial charge in [-0.05, 0) is 104 Å². The minimum absolute atomic E-state index is 0.149. The maximum atomic E-state index is 11.4. The highest BCUT2D eigenvalue weighted by molar-refractivity contribution is 5.30. The molecule has 0 aromatic carbocycles. The molecule has 66 heavy (non-hydrogen) atoms. The Kier molecular flexibility index (Phi) is 14.9. The van der Waals surface area contributed by atoms with E-state index < -0.39 is 159 Å². The number of rotatable bonds is 12. The topological polar surface area (TPSA) is 328 Å². The van der Waals surface area contributed by atoms with Crippen molar-refractivity contribution in [2.24, 2.45) is 34.0 Å². The summed E-state index contributed by atoms with van der Waals surface area (Å²) >= 11 is 0. The van der Waals surface area contributed by atoms with Crippen molar-refractivity contribution in [1.82, 2.24) is 0 Å². The van der Waals surface area contributed by atoms with Crippen LogP contribution in [-0.4, -0.2) is 214 Å². The Morgan fingerprint density at radius 1 is 0.621 bits per heavy atom. The van der Waals surface area contributed by atoms with Crippen LogP contribution in [0.15, 0.2) is 12.2 Å². The molecule has 3 heterocycles. The molecular formula is C46H76O20. The molecule has 2 bridgehead atoms. The highest BCUT2D eigenvalue weighted by atomic mass is 16.8. The van der Waals surface area contributed by atoms with Crippen molar-refractivity contribution in [1.29, 1.82) is 0 Å². The molecule has 5 saturated carbocycles. The summed E-state index contributed by atoms with van der Waals surface area (Å²) in [5.74, 6) is -0.0780. The molecule has 1 spiro atoms. The van der Waals surface area contributed by atoms with Gasteiger partial charge in [0, 0.05) is 0 Å². The van der Waals surface area contributed by atoms with Gasteiger partial charge < -0.3 is 99.5 Å². The summed E-state index contributed by atoms with van der Waals surface area (Å²) in [5, 5.41) is 138. The average Bonchev–Trinajstić information content (AvgIpc) is 3.48. The van der Waals surface area contributed by atoms with Gasteiger partial charge in [0.15, 0.2) is 18.9 Å². The van der Waals surface area contributed by atoms with Crippen LogP contribution in [0.2, 0.25) is 0 Å². The summed E-state index contributed by atoms with van der Waals surface area (Å²) in [6.45, 7) is 10.8. The first-order valence-electron chi connectivity index (χ1n) is 24.0. The first-order chi connectivity index (χ1) is 31.1. The number of fused-ring (bicyclic) bond motifs is 3. The minimum Gasteiger partial charge on any atom is -0.394 e. The zero-order chi connectivity index (χ0) is 48.0. The zero-order valence-corrected chi connectivity index (χ0v) is 38.4. The van der Waals surface area contributed by atoms with Crippen molar-refractivity contribution in [3.05, 3.63) is 12.2 Å². The molecule has 0 amide bonds. The molecule has 0 aromatic heterocycles. The van der Waals surface area contributed by atoms with E-state index in [9.17, 15) is 66.4 Å². The van der Waals surface area contributed by atoms with Crippen LogP contribution in [0.4, 0.5) is 0 Å². The molecule has 0 aromatic rings. The third-order valence-corrected chi connectivity index (χ3v) is 18.2. The summed E-state index contributed by atoms with van der Waals surface area (Å²) in [4.78, 5) is 0. The average molecular weight is 949 g/mol. The molecule has 380 valence electrons. The van der Waals surface area contributed by atoms with Crippen LogP contribution >= 0.6 is 0 Å². The predicted molar refractivity (Wildman–Crippen MR) is 225 cm³/mol. The smallest absolute Gasteiger partial charge is 0.188 e. The van der Waals surface area contributed by atoms with Gasteiger partial charge in [-0.1, -0.05) is 33.8 Å². The number of hydrogen-bond acceptors (Lipinski definition) is 20. The Morgan fingerprint density at radius 2 is 1.17 bits per heavy atom. The van der Waals surface area contributed by atoms with Gasteiger partial charge in [-0.3, -0.25) is 0 Å². The van der Waals surface area contributed by atoms with Gasteiger partial charge in [-0.2, -0.15) is 0 Å². The summed E-state index contributed by atoms with van der Waals surface area (Å²) in [6.07, 6.45) is -21.3. The standard InChI is InChI=1S/C46H76O20/c1-19-13-22(29(51)33(55)28(19)50)61-38-35(57)31(53)24(16-48)63-41(38)60-21(3)43(4)9-6-10-44(5)26(43)7-11-45-14-20(2)46(18-45,12-8-27(44)45)66-42-39(36(58)32(54)25(17-49)64-42)65-40-37(59)34(56)30(52)23(15-47)62-40/h19,21-42,47-59H,2,6-18H2,1,3-5H3/t19-,21-,22?,23-,24-,25-,26-,27?,28+,29+,30-,31-,32-,33-,34+,35+,36+,37-,38-,39-,40+,41-,42+,43+,44-,45-,46+/m1/s1. The number of aliphatic hydroxyl groups is 13. The van der Waals surface area contributed by atoms with Crippen LogP contribution < -0.4 is 0 Å². The van der Waals surface area contributed by atoms with Crippen LogP contribution in [0.3, 0.4) is 0 Å². The normalized spacial score (nSPS) is 55.8. The fraction of sp³-hybridized carbons (Fsp3) is 0.957. The second-order valence-corrected chi connectivity index (χ2v) is 21.8. The van der Waals surface area contributed by atoms with E-state index in [0.717, 1.165) is 44.1 Å². The summed E-state index contributed by atoms with van der Waals surface area (Å²) < 4.78 is 43.7. The molecule has 8 aliphatic rings. The first-order valence-corrected chi connectivity index (χ1v) is 24.0. The molecular weight excluding hydrogens is 872 g/mol. The van der Waals surface area contributed by atoms with Crippen molar-refractivity contribution in [2.75, 3.05) is 19.8 Å². The van der Waals surface area contributed by atoms with E-state index >= 15 is 0 Å². The molecule has 8 fully saturated rings. The molecule has 2 unspecified atom stereocenters. The zero-order valence-electron chi connectivity index (χ0n) is 38.4. The quantitative estimate of drug-likeness (QED) is 0.0707. The molecule has 20 heteroatoms. The number of hydrogen-bond donors (Lipinski definition) is 13. The summed E-state index contributed by atoms with van der Waals surface area (Å²) in [6, 6.07) is 0.